The molecule has 0 amide bonds. The van der Waals surface area contributed by atoms with Crippen LogP contribution in [0.15, 0.2) is 192 Å². The maximum absolute atomic E-state index is 6.88. The second kappa shape index (κ2) is 11.5. The largest absolute Gasteiger partial charge is 0.455 e. The molecule has 0 fully saturated rings. The molecule has 0 aliphatic carbocycles. The van der Waals surface area contributed by atoms with Gasteiger partial charge in [0, 0.05) is 39.5 Å². The molecule has 9 aromatic carbocycles. The fourth-order valence-electron chi connectivity index (χ4n) is 7.61. The van der Waals surface area contributed by atoms with E-state index in [4.69, 9.17) is 4.42 Å². The predicted molar refractivity (Wildman–Crippen MR) is 212 cm³/mol. The molecule has 0 spiro atoms. The number of benzene rings is 9. The van der Waals surface area contributed by atoms with Gasteiger partial charge >= 0.3 is 0 Å². The maximum atomic E-state index is 6.88. The van der Waals surface area contributed by atoms with Crippen molar-refractivity contribution in [3.63, 3.8) is 0 Å². The molecule has 234 valence electrons. The first-order valence-electron chi connectivity index (χ1n) is 17.1. The summed E-state index contributed by atoms with van der Waals surface area (Å²) < 4.78 is 6.88. The summed E-state index contributed by atoms with van der Waals surface area (Å²) in [6.45, 7) is 0. The van der Waals surface area contributed by atoms with Gasteiger partial charge in [-0.15, -0.1) is 0 Å². The third-order valence-electron chi connectivity index (χ3n) is 10.0. The van der Waals surface area contributed by atoms with Crippen molar-refractivity contribution in [3.05, 3.63) is 188 Å². The summed E-state index contributed by atoms with van der Waals surface area (Å²) in [6.07, 6.45) is 0. The molecule has 1 aromatic heterocycles. The lowest BCUT2D eigenvalue weighted by atomic mass is 9.96. The van der Waals surface area contributed by atoms with Gasteiger partial charge in [0.15, 0.2) is 0 Å². The van der Waals surface area contributed by atoms with E-state index in [1.807, 2.05) is 0 Å². The van der Waals surface area contributed by atoms with E-state index < -0.39 is 0 Å². The number of nitrogens with zero attached hydrogens (tertiary/aromatic N) is 1. The first kappa shape index (κ1) is 28.4. The highest BCUT2D eigenvalue weighted by atomic mass is 16.3. The topological polar surface area (TPSA) is 16.4 Å². The molecule has 0 saturated carbocycles. The summed E-state index contributed by atoms with van der Waals surface area (Å²) >= 11 is 0. The Morgan fingerprint density at radius 2 is 0.880 bits per heavy atom. The van der Waals surface area contributed by atoms with Crippen molar-refractivity contribution in [3.8, 4) is 22.3 Å². The number of furan rings is 1. The van der Waals surface area contributed by atoms with Crippen molar-refractivity contribution >= 4 is 71.3 Å². The Labute approximate surface area is 290 Å². The number of anilines is 3. The molecule has 10 rings (SSSR count). The Bertz CT molecular complexity index is 2850. The van der Waals surface area contributed by atoms with E-state index >= 15 is 0 Å². The molecule has 50 heavy (non-hydrogen) atoms. The lowest BCUT2D eigenvalue weighted by Gasteiger charge is -2.26. The van der Waals surface area contributed by atoms with E-state index in [9.17, 15) is 0 Å². The quantitative estimate of drug-likeness (QED) is 0.175. The number of fused-ring (bicyclic) bond motifs is 8. The van der Waals surface area contributed by atoms with Crippen LogP contribution in [0.25, 0.3) is 76.5 Å². The zero-order chi connectivity index (χ0) is 33.0. The minimum Gasteiger partial charge on any atom is -0.455 e. The van der Waals surface area contributed by atoms with Gasteiger partial charge in [-0.25, -0.2) is 0 Å². The third kappa shape index (κ3) is 4.65. The van der Waals surface area contributed by atoms with Gasteiger partial charge in [0.25, 0.3) is 0 Å². The van der Waals surface area contributed by atoms with Gasteiger partial charge in [-0.05, 0) is 91.5 Å². The van der Waals surface area contributed by atoms with Crippen molar-refractivity contribution in [2.24, 2.45) is 0 Å². The third-order valence-corrected chi connectivity index (χ3v) is 10.0. The second-order valence-corrected chi connectivity index (χ2v) is 12.9. The smallest absolute Gasteiger partial charge is 0.143 e. The van der Waals surface area contributed by atoms with Crippen LogP contribution in [0.5, 0.6) is 0 Å². The lowest BCUT2D eigenvalue weighted by Crippen LogP contribution is -2.09. The molecular weight excluding hydrogens is 607 g/mol. The van der Waals surface area contributed by atoms with Crippen molar-refractivity contribution in [2.75, 3.05) is 4.90 Å². The Morgan fingerprint density at radius 3 is 1.66 bits per heavy atom. The normalized spacial score (nSPS) is 11.6. The van der Waals surface area contributed by atoms with Crippen LogP contribution in [0.4, 0.5) is 17.1 Å². The van der Waals surface area contributed by atoms with E-state index in [1.54, 1.807) is 0 Å². The van der Waals surface area contributed by atoms with E-state index in [1.165, 1.54) is 43.4 Å². The minimum atomic E-state index is 0.865. The van der Waals surface area contributed by atoms with Gasteiger partial charge in [-0.2, -0.15) is 0 Å². The van der Waals surface area contributed by atoms with E-state index in [2.05, 4.69) is 193 Å². The first-order valence-corrected chi connectivity index (χ1v) is 17.1. The summed E-state index contributed by atoms with van der Waals surface area (Å²) in [7, 11) is 0. The molecule has 0 atom stereocenters. The van der Waals surface area contributed by atoms with E-state index in [0.29, 0.717) is 0 Å². The fraction of sp³-hybridized carbons (Fsp3) is 0. The minimum absolute atomic E-state index is 0.865. The van der Waals surface area contributed by atoms with Gasteiger partial charge in [-0.1, -0.05) is 140 Å². The summed E-state index contributed by atoms with van der Waals surface area (Å²) in [5, 5.41) is 9.63. The Hall–Kier alpha value is -6.64. The van der Waals surface area contributed by atoms with Gasteiger partial charge < -0.3 is 9.32 Å². The van der Waals surface area contributed by atoms with Crippen LogP contribution in [0.2, 0.25) is 0 Å². The molecule has 2 nitrogen and oxygen atoms in total. The van der Waals surface area contributed by atoms with Gasteiger partial charge in [0.2, 0.25) is 0 Å². The van der Waals surface area contributed by atoms with Crippen molar-refractivity contribution < 1.29 is 4.42 Å². The molecule has 0 saturated heterocycles. The van der Waals surface area contributed by atoms with Gasteiger partial charge in [0.05, 0.1) is 0 Å². The second-order valence-electron chi connectivity index (χ2n) is 12.9. The molecule has 0 N–H and O–H groups in total. The zero-order valence-corrected chi connectivity index (χ0v) is 27.3. The Balaban J connectivity index is 1.18. The number of hydrogen-bond acceptors (Lipinski definition) is 2. The first-order chi connectivity index (χ1) is 24.8. The highest BCUT2D eigenvalue weighted by Gasteiger charge is 2.20. The summed E-state index contributed by atoms with van der Waals surface area (Å²) in [5.41, 5.74) is 9.62. The standard InChI is InChI=1S/C48H31NO/c1-3-11-32(12-4-1)33-21-23-38(24-22-33)49(39-25-27-42-37(29-39)20-19-35-15-7-9-17-41(35)42)40-26-28-44-46(31-40)50-48-45(34-13-5-2-6-14-34)30-36-16-8-10-18-43(36)47(44)48/h1-31H. The van der Waals surface area contributed by atoms with Gasteiger partial charge in [-0.3, -0.25) is 0 Å². The summed E-state index contributed by atoms with van der Waals surface area (Å²) in [5.74, 6) is 0. The number of rotatable bonds is 5. The van der Waals surface area contributed by atoms with Crippen LogP contribution in [0, 0.1) is 0 Å². The molecule has 1 heterocycles. The molecule has 0 unspecified atom stereocenters. The van der Waals surface area contributed by atoms with Crippen LogP contribution in [-0.4, -0.2) is 0 Å². The van der Waals surface area contributed by atoms with Crippen LogP contribution >= 0.6 is 0 Å². The van der Waals surface area contributed by atoms with Crippen molar-refractivity contribution in [1.29, 1.82) is 0 Å². The molecule has 0 aliphatic heterocycles. The van der Waals surface area contributed by atoms with Crippen LogP contribution in [0.3, 0.4) is 0 Å². The average molecular weight is 638 g/mol. The SMILES string of the molecule is c1ccc(-c2ccc(N(c3ccc4c(ccc5ccccc54)c3)c3ccc4c(c3)oc3c(-c5ccccc5)cc5ccccc5c34)cc2)cc1. The van der Waals surface area contributed by atoms with Crippen LogP contribution < -0.4 is 4.90 Å². The molecule has 0 aliphatic rings. The molecule has 2 heteroatoms. The van der Waals surface area contributed by atoms with Crippen LogP contribution in [0.1, 0.15) is 0 Å². The highest BCUT2D eigenvalue weighted by Crippen LogP contribution is 2.44. The number of hydrogen-bond donors (Lipinski definition) is 0. The highest BCUT2D eigenvalue weighted by molar-refractivity contribution is 6.23. The summed E-state index contributed by atoms with van der Waals surface area (Å²) in [6, 6.07) is 67.4. The molecule has 10 aromatic rings. The molecule has 0 radical (unpaired) electrons. The van der Waals surface area contributed by atoms with Gasteiger partial charge in [0.1, 0.15) is 11.2 Å². The lowest BCUT2D eigenvalue weighted by molar-refractivity contribution is 0.670. The molecule has 0 bridgehead atoms. The van der Waals surface area contributed by atoms with Crippen LogP contribution in [-0.2, 0) is 0 Å². The Morgan fingerprint density at radius 1 is 0.340 bits per heavy atom. The van der Waals surface area contributed by atoms with E-state index in [0.717, 1.165) is 50.1 Å². The predicted octanol–water partition coefficient (Wildman–Crippen LogP) is 13.8. The van der Waals surface area contributed by atoms with E-state index in [-0.39, 0.29) is 0 Å². The maximum Gasteiger partial charge on any atom is 0.143 e. The monoisotopic (exact) mass is 637 g/mol. The zero-order valence-electron chi connectivity index (χ0n) is 27.3. The molecular formula is C48H31NO. The van der Waals surface area contributed by atoms with Crippen molar-refractivity contribution in [2.45, 2.75) is 0 Å². The Kier molecular flexibility index (Phi) is 6.53. The fourth-order valence-corrected chi connectivity index (χ4v) is 7.61. The summed E-state index contributed by atoms with van der Waals surface area (Å²) in [4.78, 5) is 2.34. The van der Waals surface area contributed by atoms with Crippen molar-refractivity contribution in [1.82, 2.24) is 0 Å². The average Bonchev–Trinajstić information content (AvgIpc) is 3.58.